The maximum absolute atomic E-state index is 12.9. The monoisotopic (exact) mass is 574 g/mol. The van der Waals surface area contributed by atoms with Crippen LogP contribution in [-0.2, 0) is 24.3 Å². The Hall–Kier alpha value is -2.38. The van der Waals surface area contributed by atoms with E-state index in [1.807, 2.05) is 6.07 Å². The maximum Gasteiger partial charge on any atom is 0.324 e. The molecule has 2 aromatic carbocycles. The number of amides is 1. The Bertz CT molecular complexity index is 1110. The van der Waals surface area contributed by atoms with Crippen molar-refractivity contribution in [1.82, 2.24) is 4.72 Å². The standard InChI is InChI=1S/C21H23IN2O7S/c1-13(2)20(21(26)31-12-19(25)23-15-5-3-4-14(22)10-15)24-32(27,28)16-6-7-17-18(11-16)30-9-8-29-17/h3-7,10-11,13,20,24H,8-9,12H2,1-2H3,(H,23,25). The topological polar surface area (TPSA) is 120 Å². The number of esters is 1. The van der Waals surface area contributed by atoms with E-state index in [0.29, 0.717) is 30.4 Å². The first-order chi connectivity index (χ1) is 15.2. The fraction of sp³-hybridized carbons (Fsp3) is 0.333. The van der Waals surface area contributed by atoms with Crippen molar-refractivity contribution in [2.75, 3.05) is 25.1 Å². The van der Waals surface area contributed by atoms with E-state index in [2.05, 4.69) is 32.6 Å². The molecular weight excluding hydrogens is 551 g/mol. The third kappa shape index (κ3) is 6.33. The van der Waals surface area contributed by atoms with Crippen LogP contribution >= 0.6 is 22.6 Å². The van der Waals surface area contributed by atoms with Crippen LogP contribution in [0.1, 0.15) is 13.8 Å². The number of carbonyl (C=O) groups excluding carboxylic acids is 2. The van der Waals surface area contributed by atoms with E-state index in [1.165, 1.54) is 18.2 Å². The first-order valence-corrected chi connectivity index (χ1v) is 12.4. The molecule has 0 bridgehead atoms. The summed E-state index contributed by atoms with van der Waals surface area (Å²) >= 11 is 2.11. The van der Waals surface area contributed by atoms with Crippen LogP contribution in [0.5, 0.6) is 11.5 Å². The van der Waals surface area contributed by atoms with Gasteiger partial charge in [-0.1, -0.05) is 19.9 Å². The second-order valence-corrected chi connectivity index (χ2v) is 10.3. The van der Waals surface area contributed by atoms with E-state index in [-0.39, 0.29) is 4.90 Å². The fourth-order valence-corrected chi connectivity index (χ4v) is 4.76. The van der Waals surface area contributed by atoms with Gasteiger partial charge in [0.05, 0.1) is 4.90 Å². The van der Waals surface area contributed by atoms with Crippen molar-refractivity contribution in [2.45, 2.75) is 24.8 Å². The number of carbonyl (C=O) groups is 2. The number of hydrogen-bond acceptors (Lipinski definition) is 7. The van der Waals surface area contributed by atoms with Crippen molar-refractivity contribution >= 4 is 50.2 Å². The highest BCUT2D eigenvalue weighted by Crippen LogP contribution is 2.32. The van der Waals surface area contributed by atoms with Crippen LogP contribution in [0.2, 0.25) is 0 Å². The van der Waals surface area contributed by atoms with Crippen molar-refractivity contribution in [1.29, 1.82) is 0 Å². The quantitative estimate of drug-likeness (QED) is 0.368. The summed E-state index contributed by atoms with van der Waals surface area (Å²) in [5, 5.41) is 2.62. The van der Waals surface area contributed by atoms with E-state index < -0.39 is 40.5 Å². The predicted octanol–water partition coefficient (Wildman–Crippen LogP) is 2.55. The summed E-state index contributed by atoms with van der Waals surface area (Å²) in [6.45, 7) is 3.50. The molecule has 0 saturated heterocycles. The third-order valence-electron chi connectivity index (χ3n) is 4.48. The van der Waals surface area contributed by atoms with Gasteiger partial charge in [0.1, 0.15) is 19.3 Å². The van der Waals surface area contributed by atoms with Gasteiger partial charge in [0.15, 0.2) is 18.1 Å². The second kappa shape index (κ2) is 10.5. The molecule has 9 nitrogen and oxygen atoms in total. The van der Waals surface area contributed by atoms with Crippen LogP contribution in [0, 0.1) is 9.49 Å². The molecule has 1 amide bonds. The van der Waals surface area contributed by atoms with E-state index >= 15 is 0 Å². The molecule has 1 heterocycles. The Morgan fingerprint density at radius 2 is 1.81 bits per heavy atom. The van der Waals surface area contributed by atoms with Crippen molar-refractivity contribution in [3.63, 3.8) is 0 Å². The van der Waals surface area contributed by atoms with Gasteiger partial charge in [-0.3, -0.25) is 9.59 Å². The van der Waals surface area contributed by atoms with Gasteiger partial charge in [0.2, 0.25) is 10.0 Å². The number of fused-ring (bicyclic) bond motifs is 1. The summed E-state index contributed by atoms with van der Waals surface area (Å²) in [5.41, 5.74) is 0.567. The summed E-state index contributed by atoms with van der Waals surface area (Å²) in [5.74, 6) is -1.03. The van der Waals surface area contributed by atoms with Crippen LogP contribution in [0.15, 0.2) is 47.4 Å². The molecule has 0 saturated carbocycles. The van der Waals surface area contributed by atoms with Crippen LogP contribution in [0.3, 0.4) is 0 Å². The summed E-state index contributed by atoms with van der Waals surface area (Å²) in [6, 6.07) is 10.2. The van der Waals surface area contributed by atoms with Crippen LogP contribution in [-0.4, -0.2) is 46.2 Å². The van der Waals surface area contributed by atoms with Gasteiger partial charge in [-0.25, -0.2) is 8.42 Å². The molecule has 0 aliphatic carbocycles. The Morgan fingerprint density at radius 1 is 1.09 bits per heavy atom. The Morgan fingerprint density at radius 3 is 2.50 bits per heavy atom. The minimum atomic E-state index is -4.06. The van der Waals surface area contributed by atoms with Gasteiger partial charge in [0, 0.05) is 15.3 Å². The Kier molecular flexibility index (Phi) is 7.96. The lowest BCUT2D eigenvalue weighted by Gasteiger charge is -2.22. The highest BCUT2D eigenvalue weighted by molar-refractivity contribution is 14.1. The molecule has 0 fully saturated rings. The fourth-order valence-electron chi connectivity index (χ4n) is 2.87. The second-order valence-electron chi connectivity index (χ2n) is 7.31. The lowest BCUT2D eigenvalue weighted by atomic mass is 10.1. The molecule has 11 heteroatoms. The maximum atomic E-state index is 12.9. The van der Waals surface area contributed by atoms with E-state index in [1.54, 1.807) is 32.0 Å². The predicted molar refractivity (Wildman–Crippen MR) is 125 cm³/mol. The number of halogens is 1. The smallest absolute Gasteiger partial charge is 0.324 e. The SMILES string of the molecule is CC(C)C(NS(=O)(=O)c1ccc2c(c1)OCCO2)C(=O)OCC(=O)Nc1cccc(I)c1. The molecule has 3 rings (SSSR count). The molecule has 2 aromatic rings. The molecule has 2 N–H and O–H groups in total. The van der Waals surface area contributed by atoms with Gasteiger partial charge < -0.3 is 19.5 Å². The van der Waals surface area contributed by atoms with Crippen LogP contribution < -0.4 is 19.5 Å². The minimum absolute atomic E-state index is 0.0726. The average molecular weight is 574 g/mol. The number of anilines is 1. The molecule has 1 unspecified atom stereocenters. The number of sulfonamides is 1. The highest BCUT2D eigenvalue weighted by atomic mass is 127. The molecule has 0 spiro atoms. The molecule has 1 atom stereocenters. The molecule has 1 aliphatic rings. The number of nitrogens with one attached hydrogen (secondary N) is 2. The van der Waals surface area contributed by atoms with E-state index in [0.717, 1.165) is 3.57 Å². The third-order valence-corrected chi connectivity index (χ3v) is 6.59. The van der Waals surface area contributed by atoms with Gasteiger partial charge in [-0.05, 0) is 58.8 Å². The molecule has 0 radical (unpaired) electrons. The summed E-state index contributed by atoms with van der Waals surface area (Å²) in [7, 11) is -4.06. The molecule has 1 aliphatic heterocycles. The Labute approximate surface area is 200 Å². The zero-order valence-corrected chi connectivity index (χ0v) is 20.4. The first-order valence-electron chi connectivity index (χ1n) is 9.80. The largest absolute Gasteiger partial charge is 0.486 e. The molecule has 32 heavy (non-hydrogen) atoms. The van der Waals surface area contributed by atoms with Crippen molar-refractivity contribution in [3.8, 4) is 11.5 Å². The summed E-state index contributed by atoms with van der Waals surface area (Å²) in [6.07, 6.45) is 0. The van der Waals surface area contributed by atoms with Gasteiger partial charge >= 0.3 is 5.97 Å². The minimum Gasteiger partial charge on any atom is -0.486 e. The van der Waals surface area contributed by atoms with Crippen LogP contribution in [0.25, 0.3) is 0 Å². The van der Waals surface area contributed by atoms with Crippen molar-refractivity contribution in [2.24, 2.45) is 5.92 Å². The zero-order chi connectivity index (χ0) is 23.3. The van der Waals surface area contributed by atoms with Crippen LogP contribution in [0.4, 0.5) is 5.69 Å². The lowest BCUT2D eigenvalue weighted by molar-refractivity contribution is -0.150. The van der Waals surface area contributed by atoms with Crippen molar-refractivity contribution < 1.29 is 32.2 Å². The summed E-state index contributed by atoms with van der Waals surface area (Å²) in [4.78, 5) is 24.6. The first kappa shape index (κ1) is 24.3. The van der Waals surface area contributed by atoms with Gasteiger partial charge in [0.25, 0.3) is 5.91 Å². The number of ether oxygens (including phenoxy) is 3. The number of benzene rings is 2. The summed E-state index contributed by atoms with van der Waals surface area (Å²) < 4.78 is 44.9. The number of hydrogen-bond donors (Lipinski definition) is 2. The highest BCUT2D eigenvalue weighted by Gasteiger charge is 2.31. The van der Waals surface area contributed by atoms with Gasteiger partial charge in [-0.15, -0.1) is 0 Å². The van der Waals surface area contributed by atoms with E-state index in [9.17, 15) is 18.0 Å². The molecular formula is C21H23IN2O7S. The van der Waals surface area contributed by atoms with Gasteiger partial charge in [-0.2, -0.15) is 4.72 Å². The average Bonchev–Trinajstić information content (AvgIpc) is 2.75. The Balaban J connectivity index is 1.64. The molecule has 0 aromatic heterocycles. The lowest BCUT2D eigenvalue weighted by Crippen LogP contribution is -2.45. The molecule has 172 valence electrons. The van der Waals surface area contributed by atoms with E-state index in [4.69, 9.17) is 14.2 Å². The normalized spacial score (nSPS) is 14.0. The zero-order valence-electron chi connectivity index (χ0n) is 17.5. The number of rotatable bonds is 8. The van der Waals surface area contributed by atoms with Crippen molar-refractivity contribution in [3.05, 3.63) is 46.0 Å².